The fourth-order valence-electron chi connectivity index (χ4n) is 3.21. The van der Waals surface area contributed by atoms with E-state index in [1.54, 1.807) is 18.2 Å². The molecule has 0 aromatic heterocycles. The lowest BCUT2D eigenvalue weighted by Gasteiger charge is -2.29. The van der Waals surface area contributed by atoms with Gasteiger partial charge in [0, 0.05) is 21.2 Å². The Balaban J connectivity index is 1.92. The largest absolute Gasteiger partial charge is 0.480 e. The highest BCUT2D eigenvalue weighted by Gasteiger charge is 2.34. The third-order valence-corrected chi connectivity index (χ3v) is 5.26. The van der Waals surface area contributed by atoms with E-state index < -0.39 is 6.10 Å². The Bertz CT molecular complexity index is 1070. The average molecular weight is 395 g/mol. The Morgan fingerprint density at radius 1 is 0.926 bits per heavy atom. The molecule has 0 spiro atoms. The molecule has 1 aliphatic heterocycles. The number of aryl methyl sites for hydroxylation is 1. The highest BCUT2D eigenvalue weighted by Crippen LogP contribution is 2.41. The fraction of sp³-hybridized carbons (Fsp3) is 0.0870. The van der Waals surface area contributed by atoms with Crippen LogP contribution in [0.1, 0.15) is 33.2 Å². The number of ether oxygens (including phenoxy) is 1. The lowest BCUT2D eigenvalue weighted by Crippen LogP contribution is -2.24. The van der Waals surface area contributed by atoms with E-state index in [-0.39, 0.29) is 5.78 Å². The van der Waals surface area contributed by atoms with E-state index in [1.165, 1.54) is 0 Å². The minimum Gasteiger partial charge on any atom is -0.480 e. The van der Waals surface area contributed by atoms with Crippen LogP contribution in [0, 0.1) is 6.92 Å². The maximum absolute atomic E-state index is 13.3. The van der Waals surface area contributed by atoms with Crippen LogP contribution in [0.2, 0.25) is 10.0 Å². The predicted octanol–water partition coefficient (Wildman–Crippen LogP) is 6.70. The van der Waals surface area contributed by atoms with Gasteiger partial charge in [0.05, 0.1) is 5.56 Å². The van der Waals surface area contributed by atoms with Gasteiger partial charge in [0.2, 0.25) is 0 Å². The minimum atomic E-state index is -0.599. The summed E-state index contributed by atoms with van der Waals surface area (Å²) in [6.45, 7) is 1.95. The molecule has 1 heterocycles. The van der Waals surface area contributed by atoms with Gasteiger partial charge in [-0.2, -0.15) is 0 Å². The Labute approximate surface area is 168 Å². The zero-order valence-electron chi connectivity index (χ0n) is 14.6. The summed E-state index contributed by atoms with van der Waals surface area (Å²) in [4.78, 5) is 13.3. The first-order valence-electron chi connectivity index (χ1n) is 8.57. The van der Waals surface area contributed by atoms with Crippen molar-refractivity contribution in [1.29, 1.82) is 0 Å². The van der Waals surface area contributed by atoms with Crippen LogP contribution < -0.4 is 4.74 Å². The predicted molar refractivity (Wildman–Crippen MR) is 110 cm³/mol. The van der Waals surface area contributed by atoms with Crippen LogP contribution in [0.15, 0.2) is 72.3 Å². The van der Waals surface area contributed by atoms with Crippen LogP contribution in [0.25, 0.3) is 6.08 Å². The Kier molecular flexibility index (Phi) is 4.77. The fourth-order valence-corrected chi connectivity index (χ4v) is 3.63. The number of Topliss-reactive ketones (excluding diaryl/α,β-unsaturated/α-hetero) is 1. The van der Waals surface area contributed by atoms with E-state index in [0.717, 1.165) is 16.7 Å². The van der Waals surface area contributed by atoms with E-state index in [4.69, 9.17) is 27.9 Å². The van der Waals surface area contributed by atoms with Crippen LogP contribution in [-0.4, -0.2) is 5.78 Å². The summed E-state index contributed by atoms with van der Waals surface area (Å²) in [6, 6.07) is 20.4. The Hall–Kier alpha value is -2.55. The number of fused-ring (bicyclic) bond motifs is 1. The first-order valence-corrected chi connectivity index (χ1v) is 9.33. The van der Waals surface area contributed by atoms with Crippen LogP contribution in [-0.2, 0) is 0 Å². The van der Waals surface area contributed by atoms with Gasteiger partial charge in [0.1, 0.15) is 5.75 Å². The maximum Gasteiger partial charge on any atom is 0.196 e. The van der Waals surface area contributed by atoms with Gasteiger partial charge in [-0.25, -0.2) is 0 Å². The molecular formula is C23H16Cl2O2. The number of carbonyl (C=O) groups is 1. The van der Waals surface area contributed by atoms with Crippen LogP contribution in [0.4, 0.5) is 0 Å². The quantitative estimate of drug-likeness (QED) is 0.451. The Morgan fingerprint density at radius 3 is 2.37 bits per heavy atom. The van der Waals surface area contributed by atoms with Crippen molar-refractivity contribution in [3.63, 3.8) is 0 Å². The van der Waals surface area contributed by atoms with E-state index in [2.05, 4.69) is 0 Å². The van der Waals surface area contributed by atoms with Gasteiger partial charge in [-0.3, -0.25) is 4.79 Å². The van der Waals surface area contributed by atoms with Gasteiger partial charge in [-0.1, -0.05) is 71.2 Å². The molecule has 27 heavy (non-hydrogen) atoms. The average Bonchev–Trinajstić information content (AvgIpc) is 2.66. The minimum absolute atomic E-state index is 0.0789. The van der Waals surface area contributed by atoms with Gasteiger partial charge < -0.3 is 4.74 Å². The number of ketones is 1. The first kappa shape index (κ1) is 17.8. The van der Waals surface area contributed by atoms with E-state index in [9.17, 15) is 4.79 Å². The Morgan fingerprint density at radius 2 is 1.63 bits per heavy atom. The molecule has 134 valence electrons. The number of hydrogen-bond acceptors (Lipinski definition) is 2. The molecular weight excluding hydrogens is 379 g/mol. The molecule has 0 radical (unpaired) electrons. The summed E-state index contributed by atoms with van der Waals surface area (Å²) in [7, 11) is 0. The lowest BCUT2D eigenvalue weighted by molar-refractivity contribution is 0.0963. The molecule has 0 saturated carbocycles. The normalized spacial score (nSPS) is 17.5. The molecule has 4 rings (SSSR count). The molecule has 3 aromatic carbocycles. The number of carbonyl (C=O) groups excluding carboxylic acids is 1. The summed E-state index contributed by atoms with van der Waals surface area (Å²) < 4.78 is 6.23. The van der Waals surface area contributed by atoms with Gasteiger partial charge >= 0.3 is 0 Å². The third-order valence-electron chi connectivity index (χ3n) is 4.57. The topological polar surface area (TPSA) is 26.3 Å². The molecule has 0 bridgehead atoms. The van der Waals surface area contributed by atoms with Crippen molar-refractivity contribution in [3.8, 4) is 5.75 Å². The van der Waals surface area contributed by atoms with E-state index >= 15 is 0 Å². The van der Waals surface area contributed by atoms with E-state index in [0.29, 0.717) is 26.9 Å². The molecule has 1 aliphatic rings. The maximum atomic E-state index is 13.3. The number of hydrogen-bond donors (Lipinski definition) is 0. The van der Waals surface area contributed by atoms with Gasteiger partial charge in [-0.05, 0) is 42.8 Å². The SMILES string of the molecule is Cc1ccc2c(c1)C(=O)/C(=C/c1ccccc1Cl)C(c1ccccc1Cl)O2. The smallest absolute Gasteiger partial charge is 0.196 e. The second-order valence-electron chi connectivity index (χ2n) is 6.47. The number of benzene rings is 3. The summed E-state index contributed by atoms with van der Waals surface area (Å²) >= 11 is 12.7. The summed E-state index contributed by atoms with van der Waals surface area (Å²) in [5.41, 5.74) is 3.57. The van der Waals surface area contributed by atoms with Crippen molar-refractivity contribution in [2.45, 2.75) is 13.0 Å². The first-order chi connectivity index (χ1) is 13.0. The monoisotopic (exact) mass is 394 g/mol. The van der Waals surface area contributed by atoms with Crippen molar-refractivity contribution >= 4 is 35.1 Å². The van der Waals surface area contributed by atoms with Gasteiger partial charge in [0.25, 0.3) is 0 Å². The molecule has 0 fully saturated rings. The summed E-state index contributed by atoms with van der Waals surface area (Å²) in [6.07, 6.45) is 1.20. The second-order valence-corrected chi connectivity index (χ2v) is 7.28. The molecule has 0 aliphatic carbocycles. The molecule has 4 heteroatoms. The number of halogens is 2. The highest BCUT2D eigenvalue weighted by atomic mass is 35.5. The van der Waals surface area contributed by atoms with E-state index in [1.807, 2.05) is 61.5 Å². The van der Waals surface area contributed by atoms with Crippen LogP contribution in [0.5, 0.6) is 5.75 Å². The zero-order chi connectivity index (χ0) is 19.0. The van der Waals surface area contributed by atoms with Crippen molar-refractivity contribution in [3.05, 3.63) is 105 Å². The third kappa shape index (κ3) is 3.39. The molecule has 0 N–H and O–H groups in total. The van der Waals surface area contributed by atoms with Gasteiger partial charge in [-0.15, -0.1) is 0 Å². The molecule has 1 unspecified atom stereocenters. The lowest BCUT2D eigenvalue weighted by atomic mass is 9.89. The van der Waals surface area contributed by atoms with Crippen LogP contribution in [0.3, 0.4) is 0 Å². The molecule has 2 nitrogen and oxygen atoms in total. The van der Waals surface area contributed by atoms with Crippen molar-refractivity contribution < 1.29 is 9.53 Å². The van der Waals surface area contributed by atoms with Crippen LogP contribution >= 0.6 is 23.2 Å². The second kappa shape index (κ2) is 7.22. The number of rotatable bonds is 2. The highest BCUT2D eigenvalue weighted by molar-refractivity contribution is 6.32. The van der Waals surface area contributed by atoms with Crippen molar-refractivity contribution in [1.82, 2.24) is 0 Å². The van der Waals surface area contributed by atoms with Crippen molar-refractivity contribution in [2.75, 3.05) is 0 Å². The molecule has 0 saturated heterocycles. The van der Waals surface area contributed by atoms with Gasteiger partial charge in [0.15, 0.2) is 11.9 Å². The molecule has 0 amide bonds. The summed E-state index contributed by atoms with van der Waals surface area (Å²) in [5.74, 6) is 0.483. The molecule has 1 atom stereocenters. The zero-order valence-corrected chi connectivity index (χ0v) is 16.1. The standard InChI is InChI=1S/C23H16Cl2O2/c1-14-10-11-21-17(12-14)22(26)18(13-15-6-2-4-8-19(15)24)23(27-21)16-7-3-5-9-20(16)25/h2-13,23H,1H3/b18-13-. The van der Waals surface area contributed by atoms with Crippen molar-refractivity contribution in [2.24, 2.45) is 0 Å². The molecule has 3 aromatic rings. The summed E-state index contributed by atoms with van der Waals surface area (Å²) in [5, 5.41) is 1.13.